The average Bonchev–Trinajstić information content (AvgIpc) is 2.25. The summed E-state index contributed by atoms with van der Waals surface area (Å²) in [6, 6.07) is 2.92. The van der Waals surface area contributed by atoms with E-state index in [4.69, 9.17) is 10.5 Å². The molecule has 1 heterocycles. The molecule has 7 nitrogen and oxygen atoms in total. The lowest BCUT2D eigenvalue weighted by molar-refractivity contribution is -0.124. The molecule has 1 aromatic heterocycles. The van der Waals surface area contributed by atoms with Crippen molar-refractivity contribution in [3.8, 4) is 5.75 Å². The molecule has 0 bridgehead atoms. The van der Waals surface area contributed by atoms with Crippen LogP contribution in [-0.2, 0) is 19.1 Å². The molecule has 0 aromatic carbocycles. The Labute approximate surface area is 98.7 Å². The maximum atomic E-state index is 11.1. The van der Waals surface area contributed by atoms with E-state index in [0.717, 1.165) is 6.26 Å². The largest absolute Gasteiger partial charge is 0.495 e. The second-order valence-corrected chi connectivity index (χ2v) is 4.81. The first-order valence-corrected chi connectivity index (χ1v) is 6.32. The molecule has 94 valence electrons. The number of carbonyl (C=O) groups excluding carboxylic acids is 1. The molecule has 1 rings (SSSR count). The van der Waals surface area contributed by atoms with Crippen LogP contribution in [0.15, 0.2) is 18.3 Å². The van der Waals surface area contributed by atoms with Crippen LogP contribution in [0.25, 0.3) is 0 Å². The summed E-state index contributed by atoms with van der Waals surface area (Å²) in [5, 5.41) is 0. The van der Waals surface area contributed by atoms with Gasteiger partial charge in [0, 0.05) is 0 Å². The number of hydrogen-bond donors (Lipinski definition) is 1. The van der Waals surface area contributed by atoms with Crippen LogP contribution in [0.3, 0.4) is 0 Å². The van der Waals surface area contributed by atoms with Gasteiger partial charge in [-0.15, -0.1) is 0 Å². The number of nitrogens with two attached hydrogens (primary N) is 1. The lowest BCUT2D eigenvalue weighted by Gasteiger charge is -2.12. The maximum Gasteiger partial charge on any atom is 0.265 e. The minimum atomic E-state index is -3.80. The molecule has 0 saturated carbocycles. The number of ether oxygens (including phenoxy) is 1. The third-order valence-corrected chi connectivity index (χ3v) is 2.34. The van der Waals surface area contributed by atoms with Gasteiger partial charge in [0.2, 0.25) is 0 Å². The standard InChI is InChI=1S/C9H12N2O5S/c1-15-6-3-4-7(11-5-6)8(9(10)12)16-17(2,13)14/h3-5,8H,1-2H3,(H2,10,12). The molecule has 0 aliphatic carbocycles. The van der Waals surface area contributed by atoms with Gasteiger partial charge in [-0.2, -0.15) is 8.42 Å². The second kappa shape index (κ2) is 5.11. The molecular formula is C9H12N2O5S. The molecule has 2 N–H and O–H groups in total. The van der Waals surface area contributed by atoms with E-state index in [1.807, 2.05) is 0 Å². The van der Waals surface area contributed by atoms with E-state index in [1.54, 1.807) is 0 Å². The Kier molecular flexibility index (Phi) is 4.02. The number of amides is 1. The number of primary amides is 1. The van der Waals surface area contributed by atoms with Crippen LogP contribution >= 0.6 is 0 Å². The van der Waals surface area contributed by atoms with Crippen molar-refractivity contribution in [1.82, 2.24) is 4.98 Å². The summed E-state index contributed by atoms with van der Waals surface area (Å²) in [5.74, 6) is -0.468. The first-order valence-electron chi connectivity index (χ1n) is 4.51. The molecule has 0 radical (unpaired) electrons. The number of methoxy groups -OCH3 is 1. The first-order chi connectivity index (χ1) is 7.83. The second-order valence-electron chi connectivity index (χ2n) is 3.21. The van der Waals surface area contributed by atoms with Crippen LogP contribution in [0.1, 0.15) is 11.8 Å². The molecule has 1 amide bonds. The molecule has 0 saturated heterocycles. The van der Waals surface area contributed by atoms with Gasteiger partial charge in [-0.3, -0.25) is 14.0 Å². The topological polar surface area (TPSA) is 109 Å². The Bertz CT molecular complexity index is 497. The van der Waals surface area contributed by atoms with Crippen LogP contribution in [0, 0.1) is 0 Å². The molecule has 0 fully saturated rings. The summed E-state index contributed by atoms with van der Waals surface area (Å²) in [6.45, 7) is 0. The Morgan fingerprint density at radius 1 is 1.47 bits per heavy atom. The molecule has 0 aliphatic rings. The summed E-state index contributed by atoms with van der Waals surface area (Å²) >= 11 is 0. The highest BCUT2D eigenvalue weighted by Gasteiger charge is 2.24. The zero-order valence-corrected chi connectivity index (χ0v) is 10.1. The van der Waals surface area contributed by atoms with Crippen molar-refractivity contribution in [3.63, 3.8) is 0 Å². The number of hydrogen-bond acceptors (Lipinski definition) is 6. The van der Waals surface area contributed by atoms with Crippen LogP contribution in [0.4, 0.5) is 0 Å². The molecule has 1 atom stereocenters. The lowest BCUT2D eigenvalue weighted by Crippen LogP contribution is -2.26. The van der Waals surface area contributed by atoms with E-state index in [9.17, 15) is 13.2 Å². The van der Waals surface area contributed by atoms with Gasteiger partial charge in [-0.25, -0.2) is 0 Å². The Morgan fingerprint density at radius 3 is 2.47 bits per heavy atom. The van der Waals surface area contributed by atoms with Gasteiger partial charge in [0.25, 0.3) is 16.0 Å². The number of nitrogens with zero attached hydrogens (tertiary/aromatic N) is 1. The summed E-state index contributed by atoms with van der Waals surface area (Å²) in [7, 11) is -2.35. The molecule has 0 spiro atoms. The first kappa shape index (κ1) is 13.4. The summed E-state index contributed by atoms with van der Waals surface area (Å²) in [4.78, 5) is 14.9. The number of rotatable bonds is 5. The average molecular weight is 260 g/mol. The third-order valence-electron chi connectivity index (χ3n) is 1.79. The van der Waals surface area contributed by atoms with Crippen molar-refractivity contribution in [2.24, 2.45) is 5.73 Å². The van der Waals surface area contributed by atoms with Gasteiger partial charge >= 0.3 is 0 Å². The highest BCUT2D eigenvalue weighted by atomic mass is 32.2. The van der Waals surface area contributed by atoms with Crippen molar-refractivity contribution in [3.05, 3.63) is 24.0 Å². The van der Waals surface area contributed by atoms with E-state index in [0.29, 0.717) is 5.75 Å². The zero-order chi connectivity index (χ0) is 13.1. The minimum absolute atomic E-state index is 0.101. The van der Waals surface area contributed by atoms with E-state index < -0.39 is 22.1 Å². The summed E-state index contributed by atoms with van der Waals surface area (Å²) < 4.78 is 31.3. The number of aromatic nitrogens is 1. The van der Waals surface area contributed by atoms with Gasteiger partial charge in [-0.05, 0) is 12.1 Å². The third kappa shape index (κ3) is 4.00. The van der Waals surface area contributed by atoms with E-state index >= 15 is 0 Å². The maximum absolute atomic E-state index is 11.1. The van der Waals surface area contributed by atoms with Gasteiger partial charge in [0.1, 0.15) is 5.75 Å². The van der Waals surface area contributed by atoms with Crippen molar-refractivity contribution in [1.29, 1.82) is 0 Å². The molecule has 1 unspecified atom stereocenters. The van der Waals surface area contributed by atoms with Crippen molar-refractivity contribution in [2.75, 3.05) is 13.4 Å². The highest BCUT2D eigenvalue weighted by Crippen LogP contribution is 2.19. The van der Waals surface area contributed by atoms with Gasteiger partial charge in [0.05, 0.1) is 25.3 Å². The van der Waals surface area contributed by atoms with Crippen LogP contribution in [-0.4, -0.2) is 32.7 Å². The SMILES string of the molecule is COc1ccc(C(OS(C)(=O)=O)C(N)=O)nc1. The fourth-order valence-electron chi connectivity index (χ4n) is 1.08. The summed E-state index contributed by atoms with van der Waals surface area (Å²) in [6.07, 6.45) is 0.722. The predicted octanol–water partition coefficient (Wildman–Crippen LogP) is -0.407. The zero-order valence-electron chi connectivity index (χ0n) is 9.28. The van der Waals surface area contributed by atoms with Crippen LogP contribution in [0.5, 0.6) is 5.75 Å². The molecule has 0 aliphatic heterocycles. The Balaban J connectivity index is 3.02. The molecule has 17 heavy (non-hydrogen) atoms. The van der Waals surface area contributed by atoms with E-state index in [-0.39, 0.29) is 5.69 Å². The van der Waals surface area contributed by atoms with Crippen LogP contribution < -0.4 is 10.5 Å². The van der Waals surface area contributed by atoms with Gasteiger partial charge in [-0.1, -0.05) is 0 Å². The predicted molar refractivity (Wildman–Crippen MR) is 58.7 cm³/mol. The summed E-state index contributed by atoms with van der Waals surface area (Å²) in [5.41, 5.74) is 5.15. The van der Waals surface area contributed by atoms with E-state index in [2.05, 4.69) is 9.17 Å². The smallest absolute Gasteiger partial charge is 0.265 e. The minimum Gasteiger partial charge on any atom is -0.495 e. The number of carbonyl (C=O) groups is 1. The van der Waals surface area contributed by atoms with Gasteiger partial charge in [0.15, 0.2) is 6.10 Å². The molecule has 1 aromatic rings. The quantitative estimate of drug-likeness (QED) is 0.721. The van der Waals surface area contributed by atoms with Gasteiger partial charge < -0.3 is 10.5 Å². The Hall–Kier alpha value is -1.67. The highest BCUT2D eigenvalue weighted by molar-refractivity contribution is 7.86. The number of pyridine rings is 1. The Morgan fingerprint density at radius 2 is 2.12 bits per heavy atom. The fourth-order valence-corrected chi connectivity index (χ4v) is 1.63. The monoisotopic (exact) mass is 260 g/mol. The van der Waals surface area contributed by atoms with E-state index in [1.165, 1.54) is 25.4 Å². The normalized spacial score (nSPS) is 13.1. The van der Waals surface area contributed by atoms with Crippen molar-refractivity contribution < 1.29 is 22.1 Å². The van der Waals surface area contributed by atoms with Crippen LogP contribution in [0.2, 0.25) is 0 Å². The van der Waals surface area contributed by atoms with Crippen molar-refractivity contribution >= 4 is 16.0 Å². The van der Waals surface area contributed by atoms with Crippen molar-refractivity contribution in [2.45, 2.75) is 6.10 Å². The fraction of sp³-hybridized carbons (Fsp3) is 0.333. The molecule has 8 heteroatoms. The molecular weight excluding hydrogens is 248 g/mol. The lowest BCUT2D eigenvalue weighted by atomic mass is 10.2.